The summed E-state index contributed by atoms with van der Waals surface area (Å²) < 4.78 is 0. The van der Waals surface area contributed by atoms with Crippen LogP contribution < -0.4 is 5.73 Å². The first-order chi connectivity index (χ1) is 5.99. The van der Waals surface area contributed by atoms with Gasteiger partial charge in [0.25, 0.3) is 0 Å². The molecule has 0 aromatic rings. The van der Waals surface area contributed by atoms with Crippen LogP contribution in [0.15, 0.2) is 12.2 Å². The molecule has 0 saturated carbocycles. The van der Waals surface area contributed by atoms with E-state index in [0.29, 0.717) is 0 Å². The molecule has 0 aliphatic carbocycles. The zero-order valence-electron chi connectivity index (χ0n) is 7.15. The van der Waals surface area contributed by atoms with Crippen LogP contribution in [0.3, 0.4) is 0 Å². The summed E-state index contributed by atoms with van der Waals surface area (Å²) >= 11 is 3.76. The molecule has 0 saturated heterocycles. The van der Waals surface area contributed by atoms with Gasteiger partial charge in [0.05, 0.1) is 0 Å². The van der Waals surface area contributed by atoms with Crippen LogP contribution in [0.4, 0.5) is 0 Å². The van der Waals surface area contributed by atoms with Crippen LogP contribution in [0, 0.1) is 0 Å². The molecule has 5 nitrogen and oxygen atoms in total. The van der Waals surface area contributed by atoms with E-state index in [4.69, 9.17) is 5.73 Å². The lowest BCUT2D eigenvalue weighted by molar-refractivity contribution is -0.256. The molecule has 0 aromatic carbocycles. The lowest BCUT2D eigenvalue weighted by Gasteiger charge is -2.06. The van der Waals surface area contributed by atoms with Gasteiger partial charge >= 0.3 is 11.9 Å². The predicted molar refractivity (Wildman–Crippen MR) is 48.8 cm³/mol. The van der Waals surface area contributed by atoms with Crippen LogP contribution in [0.5, 0.6) is 0 Å². The third kappa shape index (κ3) is 4.54. The second-order valence-corrected chi connectivity index (χ2v) is 2.71. The summed E-state index contributed by atoms with van der Waals surface area (Å²) in [6.45, 7) is 4.71. The van der Waals surface area contributed by atoms with Crippen LogP contribution in [0.25, 0.3) is 0 Å². The number of nitrogens with two attached hydrogens (primary N) is 1. The summed E-state index contributed by atoms with van der Waals surface area (Å²) in [4.78, 5) is 29.7. The highest BCUT2D eigenvalue weighted by Crippen LogP contribution is 1.95. The largest absolute Gasteiger partial charge is 0.381 e. The molecule has 0 spiro atoms. The fourth-order valence-electron chi connectivity index (χ4n) is 0.286. The highest BCUT2D eigenvalue weighted by atomic mass is 32.1. The zero-order valence-corrected chi connectivity index (χ0v) is 8.04. The maximum absolute atomic E-state index is 10.8. The monoisotopic (exact) mass is 205 g/mol. The summed E-state index contributed by atoms with van der Waals surface area (Å²) in [5, 5.41) is 0. The van der Waals surface area contributed by atoms with Gasteiger partial charge in [-0.25, -0.2) is 19.4 Å². The van der Waals surface area contributed by atoms with Crippen LogP contribution in [0.2, 0.25) is 0 Å². The normalized spacial score (nSPS) is 11.6. The Morgan fingerprint density at radius 3 is 2.46 bits per heavy atom. The van der Waals surface area contributed by atoms with E-state index in [9.17, 15) is 9.59 Å². The Bertz CT molecular complexity index is 229. The predicted octanol–water partition coefficient (Wildman–Crippen LogP) is -0.179. The Hall–Kier alpha value is -1.01. The summed E-state index contributed by atoms with van der Waals surface area (Å²) in [7, 11) is 0. The summed E-state index contributed by atoms with van der Waals surface area (Å²) in [6, 6.07) is -0.902. The minimum Gasteiger partial charge on any atom is -0.318 e. The summed E-state index contributed by atoms with van der Waals surface area (Å²) in [5.41, 5.74) is 5.35. The number of thiol groups is 1. The molecule has 6 heteroatoms. The molecule has 74 valence electrons. The highest BCUT2D eigenvalue weighted by molar-refractivity contribution is 7.80. The fraction of sp³-hybridized carbons (Fsp3) is 0.429. The Morgan fingerprint density at radius 1 is 1.54 bits per heavy atom. The van der Waals surface area contributed by atoms with Crippen LogP contribution in [-0.2, 0) is 19.4 Å². The first-order valence-electron chi connectivity index (χ1n) is 3.43. The lowest BCUT2D eigenvalue weighted by Crippen LogP contribution is -2.34. The van der Waals surface area contributed by atoms with Crippen molar-refractivity contribution < 1.29 is 19.4 Å². The first kappa shape index (κ1) is 12.0. The average molecular weight is 205 g/mol. The van der Waals surface area contributed by atoms with Gasteiger partial charge in [-0.05, 0) is 6.92 Å². The van der Waals surface area contributed by atoms with Crippen molar-refractivity contribution in [3.63, 3.8) is 0 Å². The second kappa shape index (κ2) is 5.60. The third-order valence-corrected chi connectivity index (χ3v) is 1.44. The first-order valence-corrected chi connectivity index (χ1v) is 4.07. The molecule has 0 radical (unpaired) electrons. The molecule has 0 fully saturated rings. The molecule has 0 heterocycles. The lowest BCUT2D eigenvalue weighted by atomic mass is 10.4. The Kier molecular flexibility index (Phi) is 5.17. The maximum Gasteiger partial charge on any atom is 0.381 e. The van der Waals surface area contributed by atoms with E-state index in [1.54, 1.807) is 0 Å². The smallest absolute Gasteiger partial charge is 0.318 e. The number of rotatable bonds is 3. The molecule has 0 unspecified atom stereocenters. The van der Waals surface area contributed by atoms with Gasteiger partial charge in [-0.15, -0.1) is 0 Å². The van der Waals surface area contributed by atoms with Gasteiger partial charge in [-0.2, -0.15) is 12.6 Å². The van der Waals surface area contributed by atoms with Gasteiger partial charge in [0, 0.05) is 11.3 Å². The molecule has 1 atom stereocenters. The Labute approximate surface area is 81.2 Å². The number of carbonyl (C=O) groups is 2. The number of hydrogen-bond donors (Lipinski definition) is 2. The third-order valence-electron chi connectivity index (χ3n) is 1.05. The van der Waals surface area contributed by atoms with E-state index < -0.39 is 18.0 Å². The topological polar surface area (TPSA) is 78.6 Å². The van der Waals surface area contributed by atoms with E-state index in [0.717, 1.165) is 0 Å². The molecule has 0 amide bonds. The molecule has 13 heavy (non-hydrogen) atoms. The van der Waals surface area contributed by atoms with Gasteiger partial charge in [-0.1, -0.05) is 6.58 Å². The molecular formula is C7H11NO4S. The van der Waals surface area contributed by atoms with Crippen molar-refractivity contribution in [2.24, 2.45) is 5.73 Å². The summed E-state index contributed by atoms with van der Waals surface area (Å²) in [5.74, 6) is -1.53. The van der Waals surface area contributed by atoms with Crippen molar-refractivity contribution in [3.05, 3.63) is 12.2 Å². The van der Waals surface area contributed by atoms with Crippen molar-refractivity contribution in [1.29, 1.82) is 0 Å². The van der Waals surface area contributed by atoms with Crippen LogP contribution >= 0.6 is 12.6 Å². The van der Waals surface area contributed by atoms with Gasteiger partial charge < -0.3 is 5.73 Å². The standard InChI is InChI=1S/C7H11NO4S/c1-4(2)6(9)11-12-7(10)5(8)3-13/h5,13H,1,3,8H2,2H3/t5-/m0/s1. The summed E-state index contributed by atoms with van der Waals surface area (Å²) in [6.07, 6.45) is 0. The number of hydrogen-bond acceptors (Lipinski definition) is 6. The number of carbonyl (C=O) groups excluding carboxylic acids is 2. The molecule has 0 aromatic heterocycles. The van der Waals surface area contributed by atoms with E-state index in [1.165, 1.54) is 6.92 Å². The maximum atomic E-state index is 10.8. The second-order valence-electron chi connectivity index (χ2n) is 2.34. The molecule has 0 rings (SSSR count). The Balaban J connectivity index is 3.83. The van der Waals surface area contributed by atoms with Gasteiger partial charge in [-0.3, -0.25) is 0 Å². The highest BCUT2D eigenvalue weighted by Gasteiger charge is 2.16. The van der Waals surface area contributed by atoms with E-state index in [2.05, 4.69) is 29.0 Å². The molecule has 0 aliphatic heterocycles. The van der Waals surface area contributed by atoms with Crippen LogP contribution in [-0.4, -0.2) is 23.7 Å². The van der Waals surface area contributed by atoms with E-state index in [1.807, 2.05) is 0 Å². The van der Waals surface area contributed by atoms with Crippen LogP contribution in [0.1, 0.15) is 6.92 Å². The van der Waals surface area contributed by atoms with Crippen molar-refractivity contribution in [2.75, 3.05) is 5.75 Å². The Morgan fingerprint density at radius 2 is 2.08 bits per heavy atom. The minimum absolute atomic E-state index is 0.115. The van der Waals surface area contributed by atoms with Gasteiger partial charge in [0.15, 0.2) is 0 Å². The van der Waals surface area contributed by atoms with Crippen molar-refractivity contribution in [3.8, 4) is 0 Å². The van der Waals surface area contributed by atoms with Gasteiger partial charge in [0.1, 0.15) is 6.04 Å². The molecular weight excluding hydrogens is 194 g/mol. The van der Waals surface area contributed by atoms with E-state index in [-0.39, 0.29) is 11.3 Å². The van der Waals surface area contributed by atoms with Crippen molar-refractivity contribution >= 4 is 24.6 Å². The molecule has 0 bridgehead atoms. The average Bonchev–Trinajstić information content (AvgIpc) is 2.11. The molecule has 2 N–H and O–H groups in total. The molecule has 0 aliphatic rings. The fourth-order valence-corrected chi connectivity index (χ4v) is 0.435. The van der Waals surface area contributed by atoms with E-state index >= 15 is 0 Å². The van der Waals surface area contributed by atoms with Crippen molar-refractivity contribution in [1.82, 2.24) is 0 Å². The van der Waals surface area contributed by atoms with Gasteiger partial charge in [0.2, 0.25) is 0 Å². The zero-order chi connectivity index (χ0) is 10.4. The van der Waals surface area contributed by atoms with Crippen molar-refractivity contribution in [2.45, 2.75) is 13.0 Å². The SMILES string of the molecule is C=C(C)C(=O)OOC(=O)[C@@H](N)CS. The quantitative estimate of drug-likeness (QED) is 0.289. The minimum atomic E-state index is -0.902.